The van der Waals surface area contributed by atoms with E-state index in [1.54, 1.807) is 18.3 Å². The number of hydrogen-bond acceptors (Lipinski definition) is 5. The van der Waals surface area contributed by atoms with Gasteiger partial charge in [-0.1, -0.05) is 19.3 Å². The van der Waals surface area contributed by atoms with Crippen molar-refractivity contribution in [2.45, 2.75) is 38.6 Å². The third-order valence-corrected chi connectivity index (χ3v) is 6.09. The molecule has 2 aliphatic rings. The Bertz CT molecular complexity index is 790. The predicted molar refractivity (Wildman–Crippen MR) is 114 cm³/mol. The molecule has 2 fully saturated rings. The zero-order valence-corrected chi connectivity index (χ0v) is 17.0. The van der Waals surface area contributed by atoms with Gasteiger partial charge in [-0.15, -0.1) is 0 Å². The minimum Gasteiger partial charge on any atom is -0.508 e. The maximum atomic E-state index is 12.6. The molecule has 0 spiro atoms. The highest BCUT2D eigenvalue weighted by molar-refractivity contribution is 5.91. The molecular weight excluding hydrogens is 366 g/mol. The van der Waals surface area contributed by atoms with Gasteiger partial charge in [-0.3, -0.25) is 9.69 Å². The highest BCUT2D eigenvalue weighted by atomic mass is 16.3. The van der Waals surface area contributed by atoms with E-state index < -0.39 is 0 Å². The number of nitrogens with one attached hydrogen (secondary N) is 1. The molecule has 2 N–H and O–H groups in total. The van der Waals surface area contributed by atoms with E-state index in [2.05, 4.69) is 20.2 Å². The van der Waals surface area contributed by atoms with E-state index in [0.717, 1.165) is 44.2 Å². The van der Waals surface area contributed by atoms with Crippen molar-refractivity contribution >= 4 is 17.4 Å². The van der Waals surface area contributed by atoms with Gasteiger partial charge in [0.05, 0.1) is 12.7 Å². The summed E-state index contributed by atoms with van der Waals surface area (Å²) in [5.41, 5.74) is 1.11. The Labute approximate surface area is 172 Å². The lowest BCUT2D eigenvalue weighted by Crippen LogP contribution is -2.48. The monoisotopic (exact) mass is 397 g/mol. The molecule has 0 unspecified atom stereocenters. The Morgan fingerprint density at radius 2 is 1.76 bits per heavy atom. The van der Waals surface area contributed by atoms with Gasteiger partial charge < -0.3 is 15.3 Å². The molecule has 2 heterocycles. The average Bonchev–Trinajstić information content (AvgIpc) is 3.16. The van der Waals surface area contributed by atoms with Gasteiger partial charge in [-0.05, 0) is 43.0 Å². The number of benzene rings is 1. The number of hydrogen-bond donors (Lipinski definition) is 2. The first-order valence-electron chi connectivity index (χ1n) is 10.8. The van der Waals surface area contributed by atoms with Crippen molar-refractivity contribution in [1.82, 2.24) is 14.7 Å². The predicted octanol–water partition coefficient (Wildman–Crippen LogP) is 2.93. The van der Waals surface area contributed by atoms with E-state index in [1.165, 1.54) is 32.1 Å². The number of aromatic nitrogens is 2. The molecule has 1 aromatic heterocycles. The molecule has 7 heteroatoms. The van der Waals surface area contributed by atoms with Crippen molar-refractivity contribution in [3.05, 3.63) is 36.5 Å². The number of carbonyl (C=O) groups is 1. The van der Waals surface area contributed by atoms with Gasteiger partial charge in [0.25, 0.3) is 0 Å². The molecule has 0 atom stereocenters. The lowest BCUT2D eigenvalue weighted by molar-refractivity contribution is -0.117. The summed E-state index contributed by atoms with van der Waals surface area (Å²) >= 11 is 0. The number of carbonyl (C=O) groups excluding carboxylic acids is 1. The van der Waals surface area contributed by atoms with E-state index in [1.807, 2.05) is 22.9 Å². The summed E-state index contributed by atoms with van der Waals surface area (Å²) < 4.78 is 1.96. The van der Waals surface area contributed by atoms with E-state index in [-0.39, 0.29) is 11.7 Å². The maximum absolute atomic E-state index is 12.6. The van der Waals surface area contributed by atoms with Gasteiger partial charge in [0.15, 0.2) is 0 Å². The number of rotatable bonds is 6. The first-order valence-corrected chi connectivity index (χ1v) is 10.8. The van der Waals surface area contributed by atoms with Crippen LogP contribution < -0.4 is 10.2 Å². The van der Waals surface area contributed by atoms with Gasteiger partial charge in [-0.25, -0.2) is 4.68 Å². The lowest BCUT2D eigenvalue weighted by atomic mass is 9.89. The largest absolute Gasteiger partial charge is 0.508 e. The Kier molecular flexibility index (Phi) is 6.34. The average molecular weight is 398 g/mol. The Hall–Kier alpha value is -2.54. The third-order valence-electron chi connectivity index (χ3n) is 6.09. The second-order valence-corrected chi connectivity index (χ2v) is 8.23. The standard InChI is InChI=1S/C22H31N5O2/c28-20-8-6-19(7-9-20)26-14-12-25(13-15-26)17-22(29)24-21-10-11-23-27(21)16-18-4-2-1-3-5-18/h6-11,18,28H,1-5,12-17H2,(H,24,29). The fraction of sp³-hybridized carbons (Fsp3) is 0.545. The fourth-order valence-electron chi connectivity index (χ4n) is 4.41. The molecule has 1 aromatic carbocycles. The summed E-state index contributed by atoms with van der Waals surface area (Å²) in [4.78, 5) is 17.1. The van der Waals surface area contributed by atoms with Crippen LogP contribution in [-0.4, -0.2) is 58.4 Å². The van der Waals surface area contributed by atoms with Gasteiger partial charge >= 0.3 is 0 Å². The molecule has 29 heavy (non-hydrogen) atoms. The Balaban J connectivity index is 1.24. The molecule has 4 rings (SSSR count). The fourth-order valence-corrected chi connectivity index (χ4v) is 4.41. The lowest BCUT2D eigenvalue weighted by Gasteiger charge is -2.35. The van der Waals surface area contributed by atoms with E-state index in [4.69, 9.17) is 0 Å². The molecule has 156 valence electrons. The quantitative estimate of drug-likeness (QED) is 0.784. The topological polar surface area (TPSA) is 73.6 Å². The molecule has 0 radical (unpaired) electrons. The zero-order chi connectivity index (χ0) is 20.1. The summed E-state index contributed by atoms with van der Waals surface area (Å²) in [5.74, 6) is 1.79. The summed E-state index contributed by atoms with van der Waals surface area (Å²) in [6.07, 6.45) is 8.26. The number of anilines is 2. The molecule has 1 amide bonds. The Morgan fingerprint density at radius 1 is 1.03 bits per heavy atom. The van der Waals surface area contributed by atoms with Crippen LogP contribution in [0.4, 0.5) is 11.5 Å². The minimum atomic E-state index is 0.0217. The van der Waals surface area contributed by atoms with Crippen molar-refractivity contribution in [1.29, 1.82) is 0 Å². The number of aromatic hydroxyl groups is 1. The normalized spacial score (nSPS) is 18.7. The molecule has 1 aliphatic heterocycles. The van der Waals surface area contributed by atoms with E-state index in [0.29, 0.717) is 12.5 Å². The van der Waals surface area contributed by atoms with Crippen molar-refractivity contribution < 1.29 is 9.90 Å². The third kappa shape index (κ3) is 5.29. The van der Waals surface area contributed by atoms with Crippen molar-refractivity contribution in [3.8, 4) is 5.75 Å². The van der Waals surface area contributed by atoms with Crippen LogP contribution in [0, 0.1) is 5.92 Å². The van der Waals surface area contributed by atoms with Crippen LogP contribution in [0.15, 0.2) is 36.5 Å². The second-order valence-electron chi connectivity index (χ2n) is 8.23. The van der Waals surface area contributed by atoms with Gasteiger partial charge in [0, 0.05) is 44.5 Å². The van der Waals surface area contributed by atoms with Gasteiger partial charge in [0.1, 0.15) is 11.6 Å². The molecule has 7 nitrogen and oxygen atoms in total. The molecule has 1 aliphatic carbocycles. The highest BCUT2D eigenvalue weighted by Crippen LogP contribution is 2.26. The summed E-state index contributed by atoms with van der Waals surface area (Å²) in [6.45, 7) is 4.73. The van der Waals surface area contributed by atoms with Crippen LogP contribution in [0.1, 0.15) is 32.1 Å². The number of phenols is 1. The number of phenolic OH excluding ortho intramolecular Hbond substituents is 1. The van der Waals surface area contributed by atoms with Crippen LogP contribution >= 0.6 is 0 Å². The first kappa shape index (κ1) is 19.8. The Morgan fingerprint density at radius 3 is 2.48 bits per heavy atom. The van der Waals surface area contributed by atoms with Gasteiger partial charge in [0.2, 0.25) is 5.91 Å². The highest BCUT2D eigenvalue weighted by Gasteiger charge is 2.20. The summed E-state index contributed by atoms with van der Waals surface area (Å²) in [5, 5.41) is 16.9. The van der Waals surface area contributed by atoms with Crippen LogP contribution in [0.2, 0.25) is 0 Å². The van der Waals surface area contributed by atoms with Crippen LogP contribution in [0.3, 0.4) is 0 Å². The van der Waals surface area contributed by atoms with Gasteiger partial charge in [-0.2, -0.15) is 5.10 Å². The number of amides is 1. The van der Waals surface area contributed by atoms with Crippen LogP contribution in [0.25, 0.3) is 0 Å². The second kappa shape index (κ2) is 9.31. The van der Waals surface area contributed by atoms with Crippen molar-refractivity contribution in [2.75, 3.05) is 42.9 Å². The number of nitrogens with zero attached hydrogens (tertiary/aromatic N) is 4. The van der Waals surface area contributed by atoms with Crippen molar-refractivity contribution in [2.24, 2.45) is 5.92 Å². The first-order chi connectivity index (χ1) is 14.2. The minimum absolute atomic E-state index is 0.0217. The maximum Gasteiger partial charge on any atom is 0.239 e. The molecule has 0 bridgehead atoms. The molecule has 2 aromatic rings. The SMILES string of the molecule is O=C(CN1CCN(c2ccc(O)cc2)CC1)Nc1ccnn1CC1CCCCC1. The smallest absolute Gasteiger partial charge is 0.239 e. The van der Waals surface area contributed by atoms with Crippen LogP contribution in [-0.2, 0) is 11.3 Å². The van der Waals surface area contributed by atoms with Crippen LogP contribution in [0.5, 0.6) is 5.75 Å². The van der Waals surface area contributed by atoms with E-state index in [9.17, 15) is 9.90 Å². The molecular formula is C22H31N5O2. The van der Waals surface area contributed by atoms with E-state index >= 15 is 0 Å². The zero-order valence-electron chi connectivity index (χ0n) is 17.0. The summed E-state index contributed by atoms with van der Waals surface area (Å²) in [6, 6.07) is 9.19. The summed E-state index contributed by atoms with van der Waals surface area (Å²) in [7, 11) is 0. The molecule has 1 saturated carbocycles. The molecule has 1 saturated heterocycles. The number of piperazine rings is 1. The van der Waals surface area contributed by atoms with Crippen molar-refractivity contribution in [3.63, 3.8) is 0 Å².